The lowest BCUT2D eigenvalue weighted by molar-refractivity contribution is -0.139. The molecule has 0 aromatic heterocycles. The first-order valence-corrected chi connectivity index (χ1v) is 7.61. The van der Waals surface area contributed by atoms with E-state index in [4.69, 9.17) is 4.74 Å². The van der Waals surface area contributed by atoms with Gasteiger partial charge >= 0.3 is 12.0 Å². The van der Waals surface area contributed by atoms with Gasteiger partial charge in [-0.1, -0.05) is 38.1 Å². The largest absolute Gasteiger partial charge is 0.462 e. The number of amides is 2. The van der Waals surface area contributed by atoms with E-state index in [9.17, 15) is 9.59 Å². The molecule has 0 spiro atoms. The Hall–Kier alpha value is -2.30. The van der Waals surface area contributed by atoms with Crippen LogP contribution in [0.1, 0.15) is 44.4 Å². The summed E-state index contributed by atoms with van der Waals surface area (Å²) in [5.74, 6) is -0.392. The molecule has 1 aliphatic heterocycles. The molecule has 2 amide bonds. The maximum absolute atomic E-state index is 12.3. The summed E-state index contributed by atoms with van der Waals surface area (Å²) in [6, 6.07) is 7.10. The summed E-state index contributed by atoms with van der Waals surface area (Å²) in [6.45, 7) is 6.11. The molecule has 0 saturated heterocycles. The summed E-state index contributed by atoms with van der Waals surface area (Å²) in [4.78, 5) is 24.1. The lowest BCUT2D eigenvalue weighted by atomic mass is 9.94. The van der Waals surface area contributed by atoms with E-state index in [0.29, 0.717) is 17.9 Å². The van der Waals surface area contributed by atoms with Crippen LogP contribution in [0.3, 0.4) is 0 Å². The highest BCUT2D eigenvalue weighted by Crippen LogP contribution is 2.27. The van der Waals surface area contributed by atoms with Crippen LogP contribution >= 0.6 is 0 Å². The quantitative estimate of drug-likeness (QED) is 0.822. The third kappa shape index (κ3) is 3.47. The zero-order valence-corrected chi connectivity index (χ0v) is 13.2. The van der Waals surface area contributed by atoms with E-state index < -0.39 is 12.0 Å². The monoisotopic (exact) mass is 302 g/mol. The summed E-state index contributed by atoms with van der Waals surface area (Å²) in [5.41, 5.74) is 3.07. The molecule has 1 atom stereocenters. The molecule has 1 unspecified atom stereocenters. The van der Waals surface area contributed by atoms with Gasteiger partial charge in [0, 0.05) is 5.70 Å². The molecule has 0 saturated carbocycles. The minimum absolute atomic E-state index is 0.311. The van der Waals surface area contributed by atoms with Crippen LogP contribution in [0, 0.1) is 0 Å². The second-order valence-electron chi connectivity index (χ2n) is 5.30. The van der Waals surface area contributed by atoms with Crippen molar-refractivity contribution in [1.82, 2.24) is 10.6 Å². The number of esters is 1. The van der Waals surface area contributed by atoms with Crippen molar-refractivity contribution in [3.05, 3.63) is 46.7 Å². The Morgan fingerprint density at radius 1 is 1.23 bits per heavy atom. The van der Waals surface area contributed by atoms with Gasteiger partial charge in [-0.2, -0.15) is 0 Å². The Morgan fingerprint density at radius 3 is 2.50 bits per heavy atom. The number of carbonyl (C=O) groups excluding carboxylic acids is 2. The summed E-state index contributed by atoms with van der Waals surface area (Å²) >= 11 is 0. The molecular formula is C17H22N2O3. The molecule has 2 N–H and O–H groups in total. The van der Waals surface area contributed by atoms with Crippen LogP contribution in [0.4, 0.5) is 4.79 Å². The van der Waals surface area contributed by atoms with Gasteiger partial charge in [-0.3, -0.25) is 0 Å². The molecular weight excluding hydrogens is 280 g/mol. The van der Waals surface area contributed by atoms with Gasteiger partial charge in [0.1, 0.15) is 0 Å². The van der Waals surface area contributed by atoms with Crippen molar-refractivity contribution in [1.29, 1.82) is 0 Å². The average molecular weight is 302 g/mol. The third-order valence-electron chi connectivity index (χ3n) is 3.65. The van der Waals surface area contributed by atoms with Crippen molar-refractivity contribution < 1.29 is 14.3 Å². The highest BCUT2D eigenvalue weighted by Gasteiger charge is 2.31. The van der Waals surface area contributed by atoms with Crippen LogP contribution in [0.15, 0.2) is 35.5 Å². The molecule has 1 aromatic rings. The number of nitrogens with one attached hydrogen (secondary N) is 2. The van der Waals surface area contributed by atoms with E-state index in [1.165, 1.54) is 5.56 Å². The Kier molecular flexibility index (Phi) is 5.20. The van der Waals surface area contributed by atoms with Gasteiger partial charge in [0.25, 0.3) is 0 Å². The number of urea groups is 1. The molecule has 1 heterocycles. The lowest BCUT2D eigenvalue weighted by Crippen LogP contribution is -2.45. The molecule has 22 heavy (non-hydrogen) atoms. The minimum atomic E-state index is -0.482. The first kappa shape index (κ1) is 16.1. The fourth-order valence-electron chi connectivity index (χ4n) is 2.43. The average Bonchev–Trinajstić information content (AvgIpc) is 2.52. The zero-order valence-electron chi connectivity index (χ0n) is 13.2. The number of rotatable bonds is 5. The third-order valence-corrected chi connectivity index (χ3v) is 3.65. The normalized spacial score (nSPS) is 17.8. The van der Waals surface area contributed by atoms with Crippen molar-refractivity contribution in [2.24, 2.45) is 0 Å². The van der Waals surface area contributed by atoms with E-state index in [2.05, 4.69) is 17.6 Å². The fraction of sp³-hybridized carbons (Fsp3) is 0.412. The van der Waals surface area contributed by atoms with Crippen LogP contribution < -0.4 is 10.6 Å². The fourth-order valence-corrected chi connectivity index (χ4v) is 2.43. The topological polar surface area (TPSA) is 67.4 Å². The Balaban J connectivity index is 2.34. The number of ether oxygens (including phenoxy) is 1. The number of hydrogen-bond donors (Lipinski definition) is 2. The maximum atomic E-state index is 12.3. The minimum Gasteiger partial charge on any atom is -0.462 e. The predicted octanol–water partition coefficient (Wildman–Crippen LogP) is 2.83. The van der Waals surface area contributed by atoms with E-state index >= 15 is 0 Å². The van der Waals surface area contributed by atoms with Gasteiger partial charge in [0.2, 0.25) is 0 Å². The Morgan fingerprint density at radius 2 is 1.91 bits per heavy atom. The van der Waals surface area contributed by atoms with Crippen LogP contribution in [0.5, 0.6) is 0 Å². The SMILES string of the molecule is CCCOC(=O)C1=C(C)NC(=O)NC1c1ccc(CC)cc1. The summed E-state index contributed by atoms with van der Waals surface area (Å²) < 4.78 is 5.24. The lowest BCUT2D eigenvalue weighted by Gasteiger charge is -2.28. The first-order valence-electron chi connectivity index (χ1n) is 7.61. The van der Waals surface area contributed by atoms with Crippen molar-refractivity contribution in [2.75, 3.05) is 6.61 Å². The van der Waals surface area contributed by atoms with Gasteiger partial charge in [-0.25, -0.2) is 9.59 Å². The van der Waals surface area contributed by atoms with Crippen molar-refractivity contribution in [3.63, 3.8) is 0 Å². The van der Waals surface area contributed by atoms with Crippen molar-refractivity contribution >= 4 is 12.0 Å². The van der Waals surface area contributed by atoms with Crippen molar-refractivity contribution in [3.8, 4) is 0 Å². The predicted molar refractivity (Wildman–Crippen MR) is 84.2 cm³/mol. The summed E-state index contributed by atoms with van der Waals surface area (Å²) in [6.07, 6.45) is 1.70. The number of benzene rings is 1. The van der Waals surface area contributed by atoms with Gasteiger partial charge in [0.15, 0.2) is 0 Å². The van der Waals surface area contributed by atoms with Crippen molar-refractivity contribution in [2.45, 2.75) is 39.7 Å². The molecule has 1 aromatic carbocycles. The molecule has 118 valence electrons. The first-order chi connectivity index (χ1) is 10.6. The van der Waals surface area contributed by atoms with Gasteiger partial charge in [-0.15, -0.1) is 0 Å². The van der Waals surface area contributed by atoms with Crippen LogP contribution in [-0.2, 0) is 16.0 Å². The van der Waals surface area contributed by atoms with E-state index in [1.54, 1.807) is 6.92 Å². The van der Waals surface area contributed by atoms with E-state index in [-0.39, 0.29) is 6.03 Å². The summed E-state index contributed by atoms with van der Waals surface area (Å²) in [7, 11) is 0. The maximum Gasteiger partial charge on any atom is 0.338 e. The van der Waals surface area contributed by atoms with Crippen LogP contribution in [-0.4, -0.2) is 18.6 Å². The van der Waals surface area contributed by atoms with Gasteiger partial charge in [0.05, 0.1) is 18.2 Å². The molecule has 0 bridgehead atoms. The smallest absolute Gasteiger partial charge is 0.338 e. The van der Waals surface area contributed by atoms with Crippen LogP contribution in [0.25, 0.3) is 0 Å². The standard InChI is InChI=1S/C17H22N2O3/c1-4-10-22-16(20)14-11(3)18-17(21)19-15(14)13-8-6-12(5-2)7-9-13/h6-9,15H,4-5,10H2,1-3H3,(H2,18,19,21). The van der Waals surface area contributed by atoms with E-state index in [0.717, 1.165) is 18.4 Å². The Labute approximate surface area is 130 Å². The van der Waals surface area contributed by atoms with Gasteiger partial charge < -0.3 is 15.4 Å². The number of hydrogen-bond acceptors (Lipinski definition) is 3. The number of aryl methyl sites for hydroxylation is 1. The highest BCUT2D eigenvalue weighted by atomic mass is 16.5. The molecule has 2 rings (SSSR count). The van der Waals surface area contributed by atoms with E-state index in [1.807, 2.05) is 31.2 Å². The second-order valence-corrected chi connectivity index (χ2v) is 5.30. The molecule has 5 heteroatoms. The molecule has 0 radical (unpaired) electrons. The highest BCUT2D eigenvalue weighted by molar-refractivity contribution is 5.95. The number of allylic oxidation sites excluding steroid dienone is 1. The number of carbonyl (C=O) groups is 2. The Bertz CT molecular complexity index is 590. The zero-order chi connectivity index (χ0) is 16.1. The molecule has 0 aliphatic carbocycles. The van der Waals surface area contributed by atoms with Gasteiger partial charge in [-0.05, 0) is 30.9 Å². The second kappa shape index (κ2) is 7.11. The van der Waals surface area contributed by atoms with Crippen LogP contribution in [0.2, 0.25) is 0 Å². The summed E-state index contributed by atoms with van der Waals surface area (Å²) in [5, 5.41) is 5.44. The molecule has 0 fully saturated rings. The molecule has 5 nitrogen and oxygen atoms in total. The molecule has 1 aliphatic rings.